The predicted molar refractivity (Wildman–Crippen MR) is 62.1 cm³/mol. The van der Waals surface area contributed by atoms with Gasteiger partial charge in [0.1, 0.15) is 5.75 Å². The fraction of sp³-hybridized carbons (Fsp3) is 0.833. The van der Waals surface area contributed by atoms with E-state index in [2.05, 4.69) is 16.9 Å². The lowest BCUT2D eigenvalue weighted by Gasteiger charge is -2.04. The van der Waals surface area contributed by atoms with Gasteiger partial charge in [0, 0.05) is 28.9 Å². The van der Waals surface area contributed by atoms with Crippen LogP contribution in [-0.2, 0) is 20.8 Å². The average molecular weight is 258 g/mol. The second-order valence-electron chi connectivity index (χ2n) is 2.55. The van der Waals surface area contributed by atoms with Gasteiger partial charge >= 0.3 is 0 Å². The highest BCUT2D eigenvalue weighted by Gasteiger charge is 2.11. The van der Waals surface area contributed by atoms with Gasteiger partial charge in [-0.25, -0.2) is 13.1 Å². The van der Waals surface area contributed by atoms with Crippen LogP contribution in [0.25, 0.3) is 0 Å². The summed E-state index contributed by atoms with van der Waals surface area (Å²) in [7, 11) is -4.40. The summed E-state index contributed by atoms with van der Waals surface area (Å²) in [6, 6.07) is 0. The van der Waals surface area contributed by atoms with Gasteiger partial charge in [-0.05, 0) is 0 Å². The van der Waals surface area contributed by atoms with Crippen LogP contribution in [0.2, 0.25) is 0 Å². The van der Waals surface area contributed by atoms with Crippen molar-refractivity contribution >= 4 is 38.0 Å². The second kappa shape index (κ2) is 6.44. The van der Waals surface area contributed by atoms with Gasteiger partial charge in [0.25, 0.3) is 0 Å². The standard InChI is InChI=1S/C6H14N2O3S3/c1-2-13(9)4-3-8-14(10,11)5-6(7)12/h8H,2-5H2,1H3,(H2,7,12). The molecule has 1 atom stereocenters. The molecule has 1 unspecified atom stereocenters. The van der Waals surface area contributed by atoms with E-state index in [9.17, 15) is 12.6 Å². The third-order valence-electron chi connectivity index (χ3n) is 1.31. The fourth-order valence-corrected chi connectivity index (χ4v) is 2.80. The van der Waals surface area contributed by atoms with Gasteiger partial charge < -0.3 is 5.73 Å². The van der Waals surface area contributed by atoms with Crippen LogP contribution in [0.1, 0.15) is 6.92 Å². The molecular formula is C6H14N2O3S3. The number of sulfonamides is 1. The van der Waals surface area contributed by atoms with Crippen LogP contribution in [0.15, 0.2) is 0 Å². The first-order chi connectivity index (χ1) is 6.37. The van der Waals surface area contributed by atoms with Crippen LogP contribution >= 0.6 is 12.2 Å². The molecule has 8 heteroatoms. The molecule has 0 radical (unpaired) electrons. The molecule has 0 spiro atoms. The Morgan fingerprint density at radius 1 is 1.57 bits per heavy atom. The molecule has 14 heavy (non-hydrogen) atoms. The molecule has 0 bridgehead atoms. The normalized spacial score (nSPS) is 13.8. The van der Waals surface area contributed by atoms with Crippen molar-refractivity contribution in [2.24, 2.45) is 5.73 Å². The maximum Gasteiger partial charge on any atom is 0.218 e. The molecule has 0 amide bonds. The highest BCUT2D eigenvalue weighted by Crippen LogP contribution is 1.86. The molecule has 0 aliphatic heterocycles. The van der Waals surface area contributed by atoms with E-state index >= 15 is 0 Å². The number of hydrogen-bond donors (Lipinski definition) is 2. The lowest BCUT2D eigenvalue weighted by atomic mass is 10.8. The monoisotopic (exact) mass is 258 g/mol. The number of nitrogens with one attached hydrogen (secondary N) is 1. The molecule has 0 fully saturated rings. The lowest BCUT2D eigenvalue weighted by molar-refractivity contribution is 0.588. The Morgan fingerprint density at radius 2 is 2.14 bits per heavy atom. The Morgan fingerprint density at radius 3 is 2.57 bits per heavy atom. The van der Waals surface area contributed by atoms with Gasteiger partial charge in [-0.15, -0.1) is 0 Å². The molecule has 0 saturated carbocycles. The van der Waals surface area contributed by atoms with E-state index in [-0.39, 0.29) is 17.3 Å². The van der Waals surface area contributed by atoms with Crippen molar-refractivity contribution in [3.8, 4) is 0 Å². The van der Waals surface area contributed by atoms with E-state index in [1.807, 2.05) is 0 Å². The largest absolute Gasteiger partial charge is 0.392 e. The third-order valence-corrected chi connectivity index (χ3v) is 4.27. The lowest BCUT2D eigenvalue weighted by Crippen LogP contribution is -2.34. The van der Waals surface area contributed by atoms with Gasteiger partial charge in [-0.3, -0.25) is 4.21 Å². The minimum atomic E-state index is -3.44. The molecule has 5 nitrogen and oxygen atoms in total. The summed E-state index contributed by atoms with van der Waals surface area (Å²) in [5.74, 6) is 0.477. The van der Waals surface area contributed by atoms with Crippen LogP contribution in [0.4, 0.5) is 0 Å². The molecule has 0 aromatic heterocycles. The van der Waals surface area contributed by atoms with Crippen LogP contribution in [0.3, 0.4) is 0 Å². The molecule has 0 aromatic carbocycles. The second-order valence-corrected chi connectivity index (χ2v) is 6.75. The summed E-state index contributed by atoms with van der Waals surface area (Å²) >= 11 is 4.47. The summed E-state index contributed by atoms with van der Waals surface area (Å²) in [5, 5.41) is 0. The zero-order valence-corrected chi connectivity index (χ0v) is 10.3. The van der Waals surface area contributed by atoms with Gasteiger partial charge in [0.2, 0.25) is 10.0 Å². The Balaban J connectivity index is 3.89. The zero-order valence-electron chi connectivity index (χ0n) is 7.86. The minimum Gasteiger partial charge on any atom is -0.392 e. The first-order valence-electron chi connectivity index (χ1n) is 3.98. The molecule has 0 aliphatic rings. The van der Waals surface area contributed by atoms with E-state index in [0.717, 1.165) is 0 Å². The Labute approximate surface area is 91.9 Å². The number of rotatable bonds is 7. The molecule has 84 valence electrons. The van der Waals surface area contributed by atoms with Crippen molar-refractivity contribution in [1.29, 1.82) is 0 Å². The molecule has 0 heterocycles. The molecule has 0 saturated heterocycles. The van der Waals surface area contributed by atoms with Gasteiger partial charge in [-0.1, -0.05) is 19.1 Å². The predicted octanol–water partition coefficient (Wildman–Crippen LogP) is -1.04. The highest BCUT2D eigenvalue weighted by molar-refractivity contribution is 7.92. The number of nitrogens with two attached hydrogens (primary N) is 1. The van der Waals surface area contributed by atoms with Gasteiger partial charge in [0.15, 0.2) is 0 Å². The SMILES string of the molecule is CCS(=O)CCNS(=O)(=O)CC(N)=S. The van der Waals surface area contributed by atoms with E-state index in [1.165, 1.54) is 0 Å². The third kappa shape index (κ3) is 7.36. The Hall–Kier alpha value is -0.0500. The van der Waals surface area contributed by atoms with Crippen molar-refractivity contribution in [2.75, 3.05) is 23.8 Å². The van der Waals surface area contributed by atoms with Crippen molar-refractivity contribution in [3.63, 3.8) is 0 Å². The summed E-state index contributed by atoms with van der Waals surface area (Å²) in [4.78, 5) is -0.0749. The van der Waals surface area contributed by atoms with E-state index in [4.69, 9.17) is 5.73 Å². The van der Waals surface area contributed by atoms with Crippen molar-refractivity contribution < 1.29 is 12.6 Å². The number of hydrogen-bond acceptors (Lipinski definition) is 4. The maximum absolute atomic E-state index is 11.1. The van der Waals surface area contributed by atoms with Gasteiger partial charge in [0.05, 0.1) is 4.99 Å². The summed E-state index contributed by atoms with van der Waals surface area (Å²) < 4.78 is 35.5. The Kier molecular flexibility index (Phi) is 6.41. The van der Waals surface area contributed by atoms with E-state index in [0.29, 0.717) is 11.5 Å². The van der Waals surface area contributed by atoms with Crippen LogP contribution < -0.4 is 10.5 Å². The zero-order chi connectivity index (χ0) is 11.2. The van der Waals surface area contributed by atoms with Crippen molar-refractivity contribution in [1.82, 2.24) is 4.72 Å². The summed E-state index contributed by atoms with van der Waals surface area (Å²) in [5.41, 5.74) is 5.09. The highest BCUT2D eigenvalue weighted by atomic mass is 32.2. The molecule has 0 aliphatic carbocycles. The van der Waals surface area contributed by atoms with E-state index in [1.54, 1.807) is 6.92 Å². The molecule has 3 N–H and O–H groups in total. The van der Waals surface area contributed by atoms with E-state index < -0.39 is 20.8 Å². The van der Waals surface area contributed by atoms with Crippen molar-refractivity contribution in [3.05, 3.63) is 0 Å². The topological polar surface area (TPSA) is 89.3 Å². The quantitative estimate of drug-likeness (QED) is 0.569. The Bertz CT molecular complexity index is 312. The smallest absolute Gasteiger partial charge is 0.218 e. The molecular weight excluding hydrogens is 244 g/mol. The summed E-state index contributed by atoms with van der Waals surface area (Å²) in [6.45, 7) is 1.94. The van der Waals surface area contributed by atoms with Crippen LogP contribution in [0, 0.1) is 0 Å². The molecule has 0 rings (SSSR count). The molecule has 0 aromatic rings. The average Bonchev–Trinajstić information content (AvgIpc) is 2.01. The number of thiocarbonyl (C=S) groups is 1. The maximum atomic E-state index is 11.1. The van der Waals surface area contributed by atoms with Crippen LogP contribution in [0.5, 0.6) is 0 Å². The fourth-order valence-electron chi connectivity index (χ4n) is 0.694. The first kappa shape index (κ1) is 13.9. The summed E-state index contributed by atoms with van der Waals surface area (Å²) in [6.07, 6.45) is 0. The van der Waals surface area contributed by atoms with Gasteiger partial charge in [-0.2, -0.15) is 0 Å². The first-order valence-corrected chi connectivity index (χ1v) is 7.53. The van der Waals surface area contributed by atoms with Crippen molar-refractivity contribution in [2.45, 2.75) is 6.92 Å². The minimum absolute atomic E-state index is 0.0749. The van der Waals surface area contributed by atoms with Crippen LogP contribution in [-0.4, -0.2) is 41.4 Å².